The fourth-order valence-electron chi connectivity index (χ4n) is 5.12. The lowest BCUT2D eigenvalue weighted by molar-refractivity contribution is -0.119. The fourth-order valence-corrected chi connectivity index (χ4v) is 5.12. The van der Waals surface area contributed by atoms with E-state index in [0.29, 0.717) is 18.7 Å². The van der Waals surface area contributed by atoms with Crippen LogP contribution in [0.15, 0.2) is 42.5 Å². The quantitative estimate of drug-likeness (QED) is 0.668. The van der Waals surface area contributed by atoms with Crippen LogP contribution in [-0.4, -0.2) is 74.5 Å². The van der Waals surface area contributed by atoms with Gasteiger partial charge < -0.3 is 20.3 Å². The Morgan fingerprint density at radius 3 is 2.38 bits per heavy atom. The molecule has 2 aromatic rings. The Hall–Kier alpha value is -2.84. The number of anilines is 2. The average molecular weight is 460 g/mol. The Bertz CT molecular complexity index is 1060. The molecule has 0 bridgehead atoms. The van der Waals surface area contributed by atoms with E-state index in [1.54, 1.807) is 12.0 Å². The molecule has 7 nitrogen and oxygen atoms in total. The number of carbonyl (C=O) groups excluding carboxylic acids is 2. The normalized spacial score (nSPS) is 22.7. The highest BCUT2D eigenvalue weighted by Gasteiger charge is 2.40. The molecule has 3 amide bonds. The van der Waals surface area contributed by atoms with Gasteiger partial charge in [0.15, 0.2) is 0 Å². The van der Waals surface area contributed by atoms with Crippen molar-refractivity contribution in [2.75, 3.05) is 37.4 Å². The summed E-state index contributed by atoms with van der Waals surface area (Å²) in [5, 5.41) is 5.99. The molecule has 2 aromatic carbocycles. The van der Waals surface area contributed by atoms with E-state index in [2.05, 4.69) is 27.7 Å². The molecule has 1 saturated heterocycles. The van der Waals surface area contributed by atoms with Crippen LogP contribution in [0.3, 0.4) is 0 Å². The third-order valence-electron chi connectivity index (χ3n) is 7.34. The molecule has 2 fully saturated rings. The Morgan fingerprint density at radius 1 is 0.971 bits per heavy atom. The first-order chi connectivity index (χ1) is 16.5. The summed E-state index contributed by atoms with van der Waals surface area (Å²) in [7, 11) is 3.62. The van der Waals surface area contributed by atoms with Crippen molar-refractivity contribution in [1.29, 1.82) is 0 Å². The number of methoxy groups -OCH3 is 1. The van der Waals surface area contributed by atoms with Crippen molar-refractivity contribution in [2.24, 2.45) is 0 Å². The second kappa shape index (κ2) is 9.80. The number of fused-ring (bicyclic) bond motifs is 1. The van der Waals surface area contributed by atoms with Crippen molar-refractivity contribution >= 4 is 36.6 Å². The van der Waals surface area contributed by atoms with Gasteiger partial charge in [-0.3, -0.25) is 9.69 Å². The van der Waals surface area contributed by atoms with Gasteiger partial charge in [-0.2, -0.15) is 0 Å². The van der Waals surface area contributed by atoms with E-state index in [1.165, 1.54) is 24.0 Å². The maximum atomic E-state index is 13.3. The van der Waals surface area contributed by atoms with E-state index in [1.807, 2.05) is 38.2 Å². The molecule has 5 rings (SSSR count). The summed E-state index contributed by atoms with van der Waals surface area (Å²) >= 11 is 0. The summed E-state index contributed by atoms with van der Waals surface area (Å²) in [6.07, 6.45) is 5.04. The summed E-state index contributed by atoms with van der Waals surface area (Å²) < 4.78 is 5.50. The van der Waals surface area contributed by atoms with Crippen molar-refractivity contribution in [1.82, 2.24) is 9.80 Å². The second-order valence-electron chi connectivity index (χ2n) is 9.80. The van der Waals surface area contributed by atoms with Crippen LogP contribution in [-0.2, 0) is 22.4 Å². The summed E-state index contributed by atoms with van der Waals surface area (Å²) in [6, 6.07) is 13.8. The third kappa shape index (κ3) is 5.13. The average Bonchev–Trinajstić information content (AvgIpc) is 3.61. The number of carbonyl (C=O) groups is 2. The molecule has 1 aliphatic carbocycles. The number of hydrogen-bond acceptors (Lipinski definition) is 4. The van der Waals surface area contributed by atoms with E-state index < -0.39 is 6.04 Å². The van der Waals surface area contributed by atoms with Crippen LogP contribution >= 0.6 is 0 Å². The molecule has 1 saturated carbocycles. The van der Waals surface area contributed by atoms with Crippen molar-refractivity contribution in [3.8, 4) is 0 Å². The molecular weight excluding hydrogens is 427 g/mol. The number of benzene rings is 2. The van der Waals surface area contributed by atoms with Crippen LogP contribution in [0.2, 0.25) is 0 Å². The zero-order valence-corrected chi connectivity index (χ0v) is 20.0. The number of amides is 3. The molecule has 3 aliphatic rings. The molecule has 2 atom stereocenters. The van der Waals surface area contributed by atoms with Crippen molar-refractivity contribution < 1.29 is 14.3 Å². The third-order valence-corrected chi connectivity index (χ3v) is 7.34. The van der Waals surface area contributed by atoms with Crippen LogP contribution in [0.1, 0.15) is 30.4 Å². The molecule has 0 aromatic heterocycles. The SMILES string of the molecule is Bc1ccc(NC(=O)N2C[C@H](OC)CC2C(=O)Nc2ccc3c(c2)CCN(C2CC2)CC3)cc1. The minimum atomic E-state index is -0.584. The van der Waals surface area contributed by atoms with Gasteiger partial charge in [-0.15, -0.1) is 0 Å². The van der Waals surface area contributed by atoms with Gasteiger partial charge in [0, 0.05) is 50.6 Å². The van der Waals surface area contributed by atoms with Gasteiger partial charge in [-0.1, -0.05) is 23.7 Å². The van der Waals surface area contributed by atoms with Gasteiger partial charge in [0.2, 0.25) is 5.91 Å². The number of rotatable bonds is 5. The van der Waals surface area contributed by atoms with Crippen LogP contribution < -0.4 is 16.1 Å². The number of likely N-dealkylation sites (tertiary alicyclic amines) is 1. The van der Waals surface area contributed by atoms with Gasteiger partial charge in [0.1, 0.15) is 13.9 Å². The number of nitrogens with one attached hydrogen (secondary N) is 2. The predicted molar refractivity (Wildman–Crippen MR) is 137 cm³/mol. The lowest BCUT2D eigenvalue weighted by Gasteiger charge is -2.24. The number of urea groups is 1. The monoisotopic (exact) mass is 460 g/mol. The Labute approximate surface area is 202 Å². The van der Waals surface area contributed by atoms with Crippen molar-refractivity contribution in [2.45, 2.75) is 50.3 Å². The largest absolute Gasteiger partial charge is 0.380 e. The first kappa shape index (κ1) is 22.9. The molecule has 2 aliphatic heterocycles. The molecule has 34 heavy (non-hydrogen) atoms. The number of nitrogens with zero attached hydrogens (tertiary/aromatic N) is 2. The van der Waals surface area contributed by atoms with Gasteiger partial charge >= 0.3 is 6.03 Å². The smallest absolute Gasteiger partial charge is 0.322 e. The molecule has 8 heteroatoms. The van der Waals surface area contributed by atoms with Gasteiger partial charge in [-0.25, -0.2) is 4.79 Å². The standard InChI is InChI=1S/C26H33BN4O3/c1-34-23-15-24(31(16-23)26(33)29-20-6-3-19(27)4-7-20)25(32)28-21-5-2-17-10-12-30(22-8-9-22)13-11-18(17)14-21/h2-7,14,22-24H,8-13,15-16,27H2,1H3,(H,28,32)(H,29,33)/t23-,24?/m1/s1. The van der Waals surface area contributed by atoms with Crippen molar-refractivity contribution in [3.63, 3.8) is 0 Å². The Morgan fingerprint density at radius 2 is 1.68 bits per heavy atom. The highest BCUT2D eigenvalue weighted by molar-refractivity contribution is 6.32. The highest BCUT2D eigenvalue weighted by atomic mass is 16.5. The zero-order valence-electron chi connectivity index (χ0n) is 20.0. The van der Waals surface area contributed by atoms with E-state index in [4.69, 9.17) is 4.74 Å². The van der Waals surface area contributed by atoms with Gasteiger partial charge in [0.05, 0.1) is 6.10 Å². The van der Waals surface area contributed by atoms with E-state index in [-0.39, 0.29) is 18.0 Å². The summed E-state index contributed by atoms with van der Waals surface area (Å²) in [5.74, 6) is -0.174. The molecular formula is C26H33BN4O3. The highest BCUT2D eigenvalue weighted by Crippen LogP contribution is 2.30. The minimum absolute atomic E-state index is 0.167. The molecule has 2 heterocycles. The van der Waals surface area contributed by atoms with Crippen LogP contribution in [0.5, 0.6) is 0 Å². The maximum absolute atomic E-state index is 13.3. The number of ether oxygens (including phenoxy) is 1. The van der Waals surface area contributed by atoms with E-state index >= 15 is 0 Å². The fraction of sp³-hybridized carbons (Fsp3) is 0.462. The van der Waals surface area contributed by atoms with Gasteiger partial charge in [0.25, 0.3) is 0 Å². The van der Waals surface area contributed by atoms with Crippen molar-refractivity contribution in [3.05, 3.63) is 53.6 Å². The first-order valence-corrected chi connectivity index (χ1v) is 12.3. The molecule has 1 unspecified atom stereocenters. The van der Waals surface area contributed by atoms with E-state index in [0.717, 1.165) is 43.1 Å². The minimum Gasteiger partial charge on any atom is -0.380 e. The summed E-state index contributed by atoms with van der Waals surface area (Å²) in [5.41, 5.74) is 5.32. The molecule has 0 radical (unpaired) electrons. The first-order valence-electron chi connectivity index (χ1n) is 12.3. The summed E-state index contributed by atoms with van der Waals surface area (Å²) in [6.45, 7) is 2.59. The summed E-state index contributed by atoms with van der Waals surface area (Å²) in [4.78, 5) is 30.5. The predicted octanol–water partition coefficient (Wildman–Crippen LogP) is 1.77. The van der Waals surface area contributed by atoms with Crippen LogP contribution in [0.25, 0.3) is 0 Å². The zero-order chi connectivity index (χ0) is 23.7. The van der Waals surface area contributed by atoms with Gasteiger partial charge in [-0.05, 0) is 61.1 Å². The van der Waals surface area contributed by atoms with Crippen LogP contribution in [0, 0.1) is 0 Å². The number of hydrogen-bond donors (Lipinski definition) is 2. The molecule has 178 valence electrons. The second-order valence-corrected chi connectivity index (χ2v) is 9.80. The lowest BCUT2D eigenvalue weighted by Crippen LogP contribution is -2.45. The maximum Gasteiger partial charge on any atom is 0.322 e. The molecule has 0 spiro atoms. The topological polar surface area (TPSA) is 73.9 Å². The Kier molecular flexibility index (Phi) is 6.61. The Balaban J connectivity index is 1.26. The van der Waals surface area contributed by atoms with Crippen LogP contribution in [0.4, 0.5) is 16.2 Å². The lowest BCUT2D eigenvalue weighted by atomic mass is 9.96. The molecule has 2 N–H and O–H groups in total. The van der Waals surface area contributed by atoms with E-state index in [9.17, 15) is 9.59 Å².